The Morgan fingerprint density at radius 1 is 0.912 bits per heavy atom. The molecule has 172 valence electrons. The molecule has 4 aromatic rings. The van der Waals surface area contributed by atoms with E-state index < -0.39 is 5.25 Å². The molecule has 2 N–H and O–H groups in total. The number of anilines is 2. The van der Waals surface area contributed by atoms with Crippen LogP contribution in [0.2, 0.25) is 0 Å². The van der Waals surface area contributed by atoms with Gasteiger partial charge in [0.2, 0.25) is 11.8 Å². The molecule has 4 rings (SSSR count). The minimum absolute atomic E-state index is 0.00256. The summed E-state index contributed by atoms with van der Waals surface area (Å²) < 4.78 is 0. The van der Waals surface area contributed by atoms with Crippen LogP contribution in [0.15, 0.2) is 95.2 Å². The van der Waals surface area contributed by atoms with E-state index in [0.29, 0.717) is 11.6 Å². The molecular formula is C27H25N3O2S2. The van der Waals surface area contributed by atoms with Crippen LogP contribution in [0, 0.1) is 0 Å². The smallest absolute Gasteiger partial charge is 0.244 e. The predicted octanol–water partition coefficient (Wildman–Crippen LogP) is 7.02. The quantitative estimate of drug-likeness (QED) is 0.249. The van der Waals surface area contributed by atoms with E-state index in [-0.39, 0.29) is 11.8 Å². The SMILES string of the molecule is CCCC(=O)Nc1ccc(SC(C(=O)Nc2nc(-c3ccccc3)cs2)c2ccccc2)cc1. The fraction of sp³-hybridized carbons (Fsp3) is 0.148. The lowest BCUT2D eigenvalue weighted by Gasteiger charge is -2.16. The molecule has 7 heteroatoms. The Bertz CT molecular complexity index is 1230. The molecule has 1 unspecified atom stereocenters. The lowest BCUT2D eigenvalue weighted by molar-refractivity contribution is -0.116. The summed E-state index contributed by atoms with van der Waals surface area (Å²) in [7, 11) is 0. The van der Waals surface area contributed by atoms with Crippen molar-refractivity contribution >= 4 is 45.7 Å². The fourth-order valence-corrected chi connectivity index (χ4v) is 5.10. The summed E-state index contributed by atoms with van der Waals surface area (Å²) in [6.45, 7) is 1.97. The molecule has 0 aliphatic rings. The minimum atomic E-state index is -0.453. The van der Waals surface area contributed by atoms with Crippen molar-refractivity contribution in [2.24, 2.45) is 0 Å². The zero-order valence-electron chi connectivity index (χ0n) is 18.7. The highest BCUT2D eigenvalue weighted by Crippen LogP contribution is 2.37. The van der Waals surface area contributed by atoms with Crippen LogP contribution in [0.25, 0.3) is 11.3 Å². The zero-order chi connectivity index (χ0) is 23.8. The topological polar surface area (TPSA) is 71.1 Å². The Morgan fingerprint density at radius 2 is 1.59 bits per heavy atom. The number of amides is 2. The van der Waals surface area contributed by atoms with Crippen molar-refractivity contribution in [1.82, 2.24) is 4.98 Å². The Labute approximate surface area is 207 Å². The first-order valence-corrected chi connectivity index (χ1v) is 12.8. The molecule has 0 saturated carbocycles. The Kier molecular flexibility index (Phi) is 8.12. The van der Waals surface area contributed by atoms with Crippen LogP contribution in [0.3, 0.4) is 0 Å². The lowest BCUT2D eigenvalue weighted by Crippen LogP contribution is -2.19. The third-order valence-corrected chi connectivity index (χ3v) is 7.04. The van der Waals surface area contributed by atoms with E-state index in [4.69, 9.17) is 0 Å². The van der Waals surface area contributed by atoms with Crippen molar-refractivity contribution < 1.29 is 9.59 Å². The highest BCUT2D eigenvalue weighted by molar-refractivity contribution is 8.00. The second kappa shape index (κ2) is 11.6. The Balaban J connectivity index is 1.49. The van der Waals surface area contributed by atoms with Gasteiger partial charge in [0.25, 0.3) is 0 Å². The largest absolute Gasteiger partial charge is 0.326 e. The standard InChI is InChI=1S/C27H25N3O2S2/c1-2-9-24(31)28-21-14-16-22(17-15-21)34-25(20-12-7-4-8-13-20)26(32)30-27-29-23(18-33-27)19-10-5-3-6-11-19/h3-8,10-18,25H,2,9H2,1H3,(H,28,31)(H,29,30,32). The van der Waals surface area contributed by atoms with Crippen LogP contribution in [0.4, 0.5) is 10.8 Å². The third kappa shape index (κ3) is 6.34. The number of hydrogen-bond donors (Lipinski definition) is 2. The monoisotopic (exact) mass is 487 g/mol. The molecule has 1 heterocycles. The molecule has 1 aromatic heterocycles. The van der Waals surface area contributed by atoms with Crippen LogP contribution in [0.1, 0.15) is 30.6 Å². The molecule has 0 saturated heterocycles. The summed E-state index contributed by atoms with van der Waals surface area (Å²) in [5.41, 5.74) is 3.51. The third-order valence-electron chi connectivity index (χ3n) is 5.01. The first-order valence-electron chi connectivity index (χ1n) is 11.1. The highest BCUT2D eigenvalue weighted by atomic mass is 32.2. The van der Waals surface area contributed by atoms with Gasteiger partial charge in [-0.1, -0.05) is 67.6 Å². The summed E-state index contributed by atoms with van der Waals surface area (Å²) in [6, 6.07) is 27.2. The fourth-order valence-electron chi connectivity index (χ4n) is 3.35. The molecule has 34 heavy (non-hydrogen) atoms. The first kappa shape index (κ1) is 23.7. The van der Waals surface area contributed by atoms with Gasteiger partial charge in [0, 0.05) is 27.9 Å². The molecule has 0 aliphatic heterocycles. The van der Waals surface area contributed by atoms with Gasteiger partial charge in [0.1, 0.15) is 5.25 Å². The van der Waals surface area contributed by atoms with Gasteiger partial charge < -0.3 is 10.6 Å². The number of hydrogen-bond acceptors (Lipinski definition) is 5. The van der Waals surface area contributed by atoms with Crippen LogP contribution in [-0.4, -0.2) is 16.8 Å². The van der Waals surface area contributed by atoms with E-state index in [1.54, 1.807) is 0 Å². The van der Waals surface area contributed by atoms with E-state index in [9.17, 15) is 9.59 Å². The Morgan fingerprint density at radius 3 is 2.26 bits per heavy atom. The minimum Gasteiger partial charge on any atom is -0.326 e. The van der Waals surface area contributed by atoms with Gasteiger partial charge in [-0.25, -0.2) is 4.98 Å². The van der Waals surface area contributed by atoms with Crippen LogP contribution >= 0.6 is 23.1 Å². The molecule has 0 aliphatic carbocycles. The van der Waals surface area contributed by atoms with Crippen molar-refractivity contribution in [1.29, 1.82) is 0 Å². The molecular weight excluding hydrogens is 462 g/mol. The number of nitrogens with zero attached hydrogens (tertiary/aromatic N) is 1. The molecule has 0 spiro atoms. The molecule has 0 fully saturated rings. The van der Waals surface area contributed by atoms with Gasteiger partial charge in [0.05, 0.1) is 5.69 Å². The second-order valence-corrected chi connectivity index (χ2v) is 9.66. The summed E-state index contributed by atoms with van der Waals surface area (Å²) in [5.74, 6) is -0.131. The molecule has 3 aromatic carbocycles. The second-order valence-electron chi connectivity index (χ2n) is 7.62. The number of rotatable bonds is 9. The summed E-state index contributed by atoms with van der Waals surface area (Å²) in [5, 5.41) is 7.95. The number of carbonyl (C=O) groups is 2. The average molecular weight is 488 g/mol. The van der Waals surface area contributed by atoms with E-state index in [1.165, 1.54) is 23.1 Å². The first-order chi connectivity index (χ1) is 16.6. The molecule has 5 nitrogen and oxygen atoms in total. The molecule has 2 amide bonds. The van der Waals surface area contributed by atoms with E-state index in [2.05, 4.69) is 15.6 Å². The maximum atomic E-state index is 13.3. The molecule has 0 bridgehead atoms. The molecule has 1 atom stereocenters. The van der Waals surface area contributed by atoms with E-state index >= 15 is 0 Å². The van der Waals surface area contributed by atoms with Crippen molar-refractivity contribution in [2.75, 3.05) is 10.6 Å². The number of aromatic nitrogens is 1. The van der Waals surface area contributed by atoms with E-state index in [0.717, 1.165) is 33.8 Å². The lowest BCUT2D eigenvalue weighted by atomic mass is 10.1. The number of nitrogens with one attached hydrogen (secondary N) is 2. The van der Waals surface area contributed by atoms with Gasteiger partial charge in [-0.3, -0.25) is 9.59 Å². The zero-order valence-corrected chi connectivity index (χ0v) is 20.4. The summed E-state index contributed by atoms with van der Waals surface area (Å²) >= 11 is 2.87. The van der Waals surface area contributed by atoms with Crippen molar-refractivity contribution in [3.63, 3.8) is 0 Å². The maximum Gasteiger partial charge on any atom is 0.244 e. The highest BCUT2D eigenvalue weighted by Gasteiger charge is 2.23. The van der Waals surface area contributed by atoms with Gasteiger partial charge in [0.15, 0.2) is 5.13 Å². The number of carbonyl (C=O) groups excluding carboxylic acids is 2. The van der Waals surface area contributed by atoms with E-state index in [1.807, 2.05) is 97.2 Å². The summed E-state index contributed by atoms with van der Waals surface area (Å²) in [6.07, 6.45) is 1.30. The van der Waals surface area contributed by atoms with Gasteiger partial charge in [-0.15, -0.1) is 23.1 Å². The van der Waals surface area contributed by atoms with Gasteiger partial charge in [-0.2, -0.15) is 0 Å². The predicted molar refractivity (Wildman–Crippen MR) is 141 cm³/mol. The van der Waals surface area contributed by atoms with Crippen LogP contribution < -0.4 is 10.6 Å². The van der Waals surface area contributed by atoms with Crippen molar-refractivity contribution in [3.05, 3.63) is 95.9 Å². The number of thiazole rings is 1. The van der Waals surface area contributed by atoms with Gasteiger partial charge >= 0.3 is 0 Å². The van der Waals surface area contributed by atoms with Crippen LogP contribution in [0.5, 0.6) is 0 Å². The number of benzene rings is 3. The average Bonchev–Trinajstić information content (AvgIpc) is 3.33. The normalized spacial score (nSPS) is 11.6. The van der Waals surface area contributed by atoms with Gasteiger partial charge in [-0.05, 0) is 36.2 Å². The van der Waals surface area contributed by atoms with Crippen molar-refractivity contribution in [2.45, 2.75) is 29.9 Å². The molecule has 0 radical (unpaired) electrons. The van der Waals surface area contributed by atoms with Crippen LogP contribution in [-0.2, 0) is 9.59 Å². The summed E-state index contributed by atoms with van der Waals surface area (Å²) in [4.78, 5) is 30.7. The maximum absolute atomic E-state index is 13.3. The Hall–Kier alpha value is -3.42. The van der Waals surface area contributed by atoms with Crippen molar-refractivity contribution in [3.8, 4) is 11.3 Å². The number of thioether (sulfide) groups is 1.